The molecule has 80 heteroatoms. The Morgan fingerprint density at radius 2 is 0.0500 bits per heavy atom. The van der Waals surface area contributed by atoms with E-state index in [-0.39, 0.29) is 0 Å². The van der Waals surface area contributed by atoms with Crippen LogP contribution in [0.5, 0.6) is 0 Å². The SMILES string of the molecule is O[Si](O)(O)O.O[Si](O)(O)O.O[Si](O)(O)O.O[Si](O)(O)O.O[Si](O)(O)O.O[Si](O)(O)O.O[Si](O)(O)O.O[Si](O)(O)O.O[Si](O)(O)O.O[Si](O)(O)O.O[Si](O)(O)O.O[Si](O)(O)O.O[Si](O)(O)O.O[Si](O)(O)O.O[Si](O)(O)O.O[Si](O)(O)O. The lowest BCUT2D eigenvalue weighted by Gasteiger charge is -1.91. The van der Waals surface area contributed by atoms with Gasteiger partial charge in [0.05, 0.1) is 0 Å². The summed E-state index contributed by atoms with van der Waals surface area (Å²) in [5.41, 5.74) is 0. The quantitative estimate of drug-likeness (QED) is 0.100. The molecule has 80 heavy (non-hydrogen) atoms. The molecular formula is H64O64Si16. The molecule has 0 unspecified atom stereocenters. The van der Waals surface area contributed by atoms with Crippen molar-refractivity contribution in [2.45, 2.75) is 0 Å². The van der Waals surface area contributed by atoms with Crippen molar-refractivity contribution in [3.63, 3.8) is 0 Å². The van der Waals surface area contributed by atoms with Crippen LogP contribution in [0.4, 0.5) is 0 Å². The molecule has 0 aliphatic rings. The van der Waals surface area contributed by atoms with Gasteiger partial charge in [0.2, 0.25) is 0 Å². The predicted molar refractivity (Wildman–Crippen MR) is 234 cm³/mol. The first-order valence-electron chi connectivity index (χ1n) is 14.3. The van der Waals surface area contributed by atoms with Crippen molar-refractivity contribution in [2.75, 3.05) is 0 Å². The van der Waals surface area contributed by atoms with E-state index in [9.17, 15) is 0 Å². The van der Waals surface area contributed by atoms with Crippen LogP contribution >= 0.6 is 0 Å². The molecule has 0 saturated heterocycles. The topological polar surface area (TPSA) is 1290 Å². The molecule has 512 valence electrons. The monoisotopic (exact) mass is 1540 g/mol. The van der Waals surface area contributed by atoms with Crippen LogP contribution in [0.15, 0.2) is 0 Å². The molecule has 0 bridgehead atoms. The fraction of sp³-hybridized carbons (Fsp3) is 0. The molecular weight excluding hydrogens is 1470 g/mol. The highest BCUT2D eigenvalue weighted by Crippen LogP contribution is 1.74. The molecule has 0 radical (unpaired) electrons. The van der Waals surface area contributed by atoms with Gasteiger partial charge in [-0.15, -0.1) is 0 Å². The van der Waals surface area contributed by atoms with Gasteiger partial charge in [0, 0.05) is 0 Å². The summed E-state index contributed by atoms with van der Waals surface area (Å²) in [4.78, 5) is 469. The highest BCUT2D eigenvalue weighted by molar-refractivity contribution is 6.50. The second kappa shape index (κ2) is 53.0. The fourth-order valence-corrected chi connectivity index (χ4v) is 0. The first kappa shape index (κ1) is 123. The lowest BCUT2D eigenvalue weighted by atomic mass is 15.7. The van der Waals surface area contributed by atoms with Gasteiger partial charge in [0.25, 0.3) is 0 Å². The van der Waals surface area contributed by atoms with Gasteiger partial charge in [0.15, 0.2) is 0 Å². The minimum Gasteiger partial charge on any atom is -0.368 e. The van der Waals surface area contributed by atoms with Crippen LogP contribution in [0.2, 0.25) is 0 Å². The molecule has 64 N–H and O–H groups in total. The van der Waals surface area contributed by atoms with Crippen molar-refractivity contribution < 1.29 is 307 Å². The maximum absolute atomic E-state index is 7.33. The van der Waals surface area contributed by atoms with Crippen molar-refractivity contribution in [3.05, 3.63) is 0 Å². The zero-order valence-electron chi connectivity index (χ0n) is 36.6. The van der Waals surface area contributed by atoms with E-state index in [0.717, 1.165) is 0 Å². The molecule has 0 fully saturated rings. The van der Waals surface area contributed by atoms with Gasteiger partial charge in [-0.25, -0.2) is 0 Å². The van der Waals surface area contributed by atoms with Crippen LogP contribution in [0.25, 0.3) is 0 Å². The maximum atomic E-state index is 7.33. The third-order valence-electron chi connectivity index (χ3n) is 0. The normalized spacial score (nSPS) is 12.0. The van der Waals surface area contributed by atoms with Crippen LogP contribution in [0.3, 0.4) is 0 Å². The van der Waals surface area contributed by atoms with E-state index in [1.165, 1.54) is 0 Å². The second-order valence-electron chi connectivity index (χ2n) is 9.60. The Morgan fingerprint density at radius 3 is 0.0500 bits per heavy atom. The molecule has 0 amide bonds. The number of hydrogen-bond donors (Lipinski definition) is 64. The Balaban J connectivity index is -0.0000000390. The van der Waals surface area contributed by atoms with Crippen LogP contribution in [0, 0.1) is 0 Å². The summed E-state index contributed by atoms with van der Waals surface area (Å²) in [5, 5.41) is 0. The fourth-order valence-electron chi connectivity index (χ4n) is 0. The Bertz CT molecular complexity index is 690. The van der Waals surface area contributed by atoms with Crippen molar-refractivity contribution in [1.82, 2.24) is 0 Å². The lowest BCUT2D eigenvalue weighted by molar-refractivity contribution is 0.115. The molecule has 0 aliphatic carbocycles. The second-order valence-corrected chi connectivity index (χ2v) is 28.8. The van der Waals surface area contributed by atoms with Crippen LogP contribution in [-0.4, -0.2) is 452 Å². The molecule has 64 nitrogen and oxygen atoms in total. The first-order chi connectivity index (χ1) is 32.0. The van der Waals surface area contributed by atoms with E-state index >= 15 is 0 Å². The van der Waals surface area contributed by atoms with Gasteiger partial charge in [-0.05, 0) is 0 Å². The summed E-state index contributed by atoms with van der Waals surface area (Å²) in [5.74, 6) is 0. The molecule has 0 rings (SSSR count). The Morgan fingerprint density at radius 1 is 0.0500 bits per heavy atom. The van der Waals surface area contributed by atoms with Crippen molar-refractivity contribution >= 4 is 145 Å². The number of hydrogen-bond acceptors (Lipinski definition) is 64. The molecule has 0 saturated carbocycles. The average molecular weight is 1540 g/mol. The summed E-state index contributed by atoms with van der Waals surface area (Å²) in [6.45, 7) is 0. The van der Waals surface area contributed by atoms with Gasteiger partial charge in [-0.2, -0.15) is 0 Å². The van der Waals surface area contributed by atoms with Crippen LogP contribution in [0.1, 0.15) is 0 Å². The van der Waals surface area contributed by atoms with E-state index in [4.69, 9.17) is 307 Å². The van der Waals surface area contributed by atoms with Crippen molar-refractivity contribution in [2.24, 2.45) is 0 Å². The third-order valence-corrected chi connectivity index (χ3v) is 0. The van der Waals surface area contributed by atoms with E-state index in [2.05, 4.69) is 0 Å². The van der Waals surface area contributed by atoms with Crippen molar-refractivity contribution in [1.29, 1.82) is 0 Å². The average Bonchev–Trinajstić information content (AvgIpc) is 2.70. The summed E-state index contributed by atoms with van der Waals surface area (Å²) in [6.07, 6.45) is 0. The molecule has 0 aliphatic heterocycles. The standard InChI is InChI=1S/16H4O4Si/c16*1-5(2,3)4/h16*1-4H. The molecule has 0 atom stereocenters. The number of rotatable bonds is 0. The highest BCUT2D eigenvalue weighted by Gasteiger charge is 2.28. The minimum absolute atomic E-state index is 4.61. The third kappa shape index (κ3) is 578000. The molecule has 0 aromatic carbocycles. The van der Waals surface area contributed by atoms with E-state index in [1.54, 1.807) is 0 Å². The molecule has 0 aromatic rings. The van der Waals surface area contributed by atoms with Gasteiger partial charge in [0.1, 0.15) is 0 Å². The van der Waals surface area contributed by atoms with E-state index in [0.29, 0.717) is 0 Å². The predicted octanol–water partition coefficient (Wildman–Crippen LogP) is -41.7. The summed E-state index contributed by atoms with van der Waals surface area (Å²) in [6, 6.07) is 0. The molecule has 0 heterocycles. The maximum Gasteiger partial charge on any atom is 0.668 e. The molecule has 0 aromatic heterocycles. The largest absolute Gasteiger partial charge is 0.668 e. The van der Waals surface area contributed by atoms with Crippen LogP contribution < -0.4 is 0 Å². The van der Waals surface area contributed by atoms with Gasteiger partial charge < -0.3 is 307 Å². The van der Waals surface area contributed by atoms with Gasteiger partial charge >= 0.3 is 145 Å². The zero-order valence-corrected chi connectivity index (χ0v) is 52.6. The highest BCUT2D eigenvalue weighted by atomic mass is 28.4. The smallest absolute Gasteiger partial charge is 0.368 e. The van der Waals surface area contributed by atoms with E-state index < -0.39 is 145 Å². The van der Waals surface area contributed by atoms with Gasteiger partial charge in [-0.1, -0.05) is 0 Å². The Kier molecular flexibility index (Phi) is 81.2. The summed E-state index contributed by atoms with van der Waals surface area (Å²) >= 11 is 0. The van der Waals surface area contributed by atoms with Crippen molar-refractivity contribution in [3.8, 4) is 0 Å². The Hall–Kier alpha value is 0.910. The summed E-state index contributed by atoms with van der Waals surface area (Å²) < 4.78 is 0. The van der Waals surface area contributed by atoms with E-state index in [1.807, 2.05) is 0 Å². The molecule has 0 spiro atoms. The van der Waals surface area contributed by atoms with Crippen LogP contribution in [-0.2, 0) is 0 Å². The minimum atomic E-state index is -4.61. The summed E-state index contributed by atoms with van der Waals surface area (Å²) in [7, 11) is -73.8. The van der Waals surface area contributed by atoms with Gasteiger partial charge in [-0.3, -0.25) is 0 Å². The Labute approximate surface area is 450 Å². The lowest BCUT2D eigenvalue weighted by Crippen LogP contribution is -2.33. The zero-order chi connectivity index (χ0) is 72.0. The first-order valence-corrected chi connectivity index (χ1v) is 42.9.